The van der Waals surface area contributed by atoms with E-state index in [0.717, 1.165) is 16.3 Å². The molecule has 2 nitrogen and oxygen atoms in total. The molecule has 1 N–H and O–H groups in total. The molecule has 0 aliphatic carbocycles. The van der Waals surface area contributed by atoms with Crippen LogP contribution in [0.15, 0.2) is 36.4 Å². The van der Waals surface area contributed by atoms with Crippen LogP contribution in [-0.2, 0) is 4.74 Å². The van der Waals surface area contributed by atoms with Crippen LogP contribution in [0.1, 0.15) is 17.2 Å². The third-order valence-electron chi connectivity index (χ3n) is 3.06. The number of rotatable bonds is 4. The lowest BCUT2D eigenvalue weighted by Gasteiger charge is -2.17. The van der Waals surface area contributed by atoms with Gasteiger partial charge in [0.15, 0.2) is 0 Å². The summed E-state index contributed by atoms with van der Waals surface area (Å²) in [5, 5.41) is 11.9. The highest BCUT2D eigenvalue weighted by Gasteiger charge is 2.28. The Bertz CT molecular complexity index is 593. The zero-order chi connectivity index (χ0) is 14.8. The Morgan fingerprint density at radius 2 is 1.85 bits per heavy atom. The van der Waals surface area contributed by atoms with E-state index in [1.54, 1.807) is 0 Å². The molecule has 1 unspecified atom stereocenters. The van der Waals surface area contributed by atoms with Crippen molar-refractivity contribution in [2.75, 3.05) is 13.2 Å². The van der Waals surface area contributed by atoms with E-state index in [1.165, 1.54) is 0 Å². The number of fused-ring (bicyclic) bond motifs is 1. The maximum Gasteiger partial charge on any atom is 0.411 e. The van der Waals surface area contributed by atoms with Gasteiger partial charge in [-0.15, -0.1) is 0 Å². The van der Waals surface area contributed by atoms with Gasteiger partial charge in [-0.3, -0.25) is 0 Å². The minimum atomic E-state index is -4.38. The second kappa shape index (κ2) is 5.81. The second-order valence-corrected chi connectivity index (χ2v) is 4.66. The molecule has 0 heterocycles. The summed E-state index contributed by atoms with van der Waals surface area (Å²) < 4.78 is 40.6. The van der Waals surface area contributed by atoms with E-state index < -0.39 is 18.9 Å². The molecule has 0 fully saturated rings. The van der Waals surface area contributed by atoms with Crippen molar-refractivity contribution in [1.29, 1.82) is 0 Å². The first kappa shape index (κ1) is 14.8. The number of aliphatic hydroxyl groups is 1. The van der Waals surface area contributed by atoms with Gasteiger partial charge in [0, 0.05) is 0 Å². The van der Waals surface area contributed by atoms with Crippen LogP contribution in [0.2, 0.25) is 0 Å². The molecule has 20 heavy (non-hydrogen) atoms. The summed E-state index contributed by atoms with van der Waals surface area (Å²) in [7, 11) is 0. The SMILES string of the molecule is Cc1ccc2ccccc2c1C(O)COCC(F)(F)F. The first-order valence-corrected chi connectivity index (χ1v) is 6.19. The molecule has 2 rings (SSSR count). The molecule has 0 saturated carbocycles. The number of alkyl halides is 3. The van der Waals surface area contributed by atoms with Crippen LogP contribution in [0.4, 0.5) is 13.2 Å². The minimum absolute atomic E-state index is 0.381. The number of aliphatic hydroxyl groups excluding tert-OH is 1. The van der Waals surface area contributed by atoms with Crippen molar-refractivity contribution in [3.8, 4) is 0 Å². The van der Waals surface area contributed by atoms with E-state index in [1.807, 2.05) is 43.3 Å². The second-order valence-electron chi connectivity index (χ2n) is 4.66. The molecule has 0 aromatic heterocycles. The summed E-state index contributed by atoms with van der Waals surface area (Å²) >= 11 is 0. The van der Waals surface area contributed by atoms with Crippen LogP contribution in [0.25, 0.3) is 10.8 Å². The van der Waals surface area contributed by atoms with Gasteiger partial charge in [0.25, 0.3) is 0 Å². The van der Waals surface area contributed by atoms with Crippen LogP contribution in [-0.4, -0.2) is 24.5 Å². The third kappa shape index (κ3) is 3.49. The van der Waals surface area contributed by atoms with Gasteiger partial charge in [0.2, 0.25) is 0 Å². The van der Waals surface area contributed by atoms with Crippen LogP contribution >= 0.6 is 0 Å². The fourth-order valence-electron chi connectivity index (χ4n) is 2.22. The third-order valence-corrected chi connectivity index (χ3v) is 3.06. The Morgan fingerprint density at radius 3 is 2.55 bits per heavy atom. The number of benzene rings is 2. The summed E-state index contributed by atoms with van der Waals surface area (Å²) in [6, 6.07) is 11.2. The van der Waals surface area contributed by atoms with Gasteiger partial charge in [-0.05, 0) is 28.8 Å². The van der Waals surface area contributed by atoms with Crippen LogP contribution in [0, 0.1) is 6.92 Å². The molecule has 0 radical (unpaired) electrons. The lowest BCUT2D eigenvalue weighted by molar-refractivity contribution is -0.179. The van der Waals surface area contributed by atoms with E-state index in [2.05, 4.69) is 4.74 Å². The molecule has 0 saturated heterocycles. The van der Waals surface area contributed by atoms with E-state index >= 15 is 0 Å². The normalized spacial score (nSPS) is 13.7. The van der Waals surface area contributed by atoms with Gasteiger partial charge >= 0.3 is 6.18 Å². The maximum atomic E-state index is 12.0. The number of halogens is 3. The Kier molecular flexibility index (Phi) is 4.30. The first-order chi connectivity index (χ1) is 9.38. The summed E-state index contributed by atoms with van der Waals surface area (Å²) in [5.74, 6) is 0. The Hall–Kier alpha value is -1.59. The molecular formula is C15H15F3O2. The van der Waals surface area contributed by atoms with Crippen molar-refractivity contribution in [1.82, 2.24) is 0 Å². The Morgan fingerprint density at radius 1 is 1.15 bits per heavy atom. The number of hydrogen-bond acceptors (Lipinski definition) is 2. The zero-order valence-electron chi connectivity index (χ0n) is 10.9. The van der Waals surface area contributed by atoms with Gasteiger partial charge < -0.3 is 9.84 Å². The Labute approximate surface area is 114 Å². The molecule has 2 aromatic carbocycles. The van der Waals surface area contributed by atoms with E-state index in [0.29, 0.717) is 5.56 Å². The van der Waals surface area contributed by atoms with Crippen LogP contribution in [0.5, 0.6) is 0 Å². The van der Waals surface area contributed by atoms with Crippen LogP contribution in [0.3, 0.4) is 0 Å². The van der Waals surface area contributed by atoms with Gasteiger partial charge in [0.05, 0.1) is 6.61 Å². The van der Waals surface area contributed by atoms with Crippen molar-refractivity contribution in [3.05, 3.63) is 47.5 Å². The number of aryl methyl sites for hydroxylation is 1. The Balaban J connectivity index is 2.21. The number of ether oxygens (including phenoxy) is 1. The predicted molar refractivity (Wildman–Crippen MR) is 70.5 cm³/mol. The molecule has 2 aromatic rings. The van der Waals surface area contributed by atoms with E-state index in [9.17, 15) is 18.3 Å². The van der Waals surface area contributed by atoms with Crippen LogP contribution < -0.4 is 0 Å². The zero-order valence-corrected chi connectivity index (χ0v) is 10.9. The topological polar surface area (TPSA) is 29.5 Å². The summed E-state index contributed by atoms with van der Waals surface area (Å²) in [6.45, 7) is 0.0803. The summed E-state index contributed by atoms with van der Waals surface area (Å²) in [5.41, 5.74) is 1.44. The molecule has 5 heteroatoms. The molecule has 0 amide bonds. The quantitative estimate of drug-likeness (QED) is 0.926. The molecule has 108 valence electrons. The largest absolute Gasteiger partial charge is 0.411 e. The number of hydrogen-bond donors (Lipinski definition) is 1. The summed E-state index contributed by atoms with van der Waals surface area (Å²) in [4.78, 5) is 0. The highest BCUT2D eigenvalue weighted by Crippen LogP contribution is 2.28. The van der Waals surface area contributed by atoms with Gasteiger partial charge in [-0.1, -0.05) is 36.4 Å². The first-order valence-electron chi connectivity index (χ1n) is 6.19. The minimum Gasteiger partial charge on any atom is -0.386 e. The molecule has 0 aliphatic heterocycles. The van der Waals surface area contributed by atoms with Crippen molar-refractivity contribution in [2.45, 2.75) is 19.2 Å². The fraction of sp³-hybridized carbons (Fsp3) is 0.333. The van der Waals surface area contributed by atoms with Gasteiger partial charge in [-0.2, -0.15) is 13.2 Å². The monoisotopic (exact) mass is 284 g/mol. The van der Waals surface area contributed by atoms with Gasteiger partial charge in [0.1, 0.15) is 12.7 Å². The molecule has 0 spiro atoms. The molecular weight excluding hydrogens is 269 g/mol. The lowest BCUT2D eigenvalue weighted by Crippen LogP contribution is -2.20. The predicted octanol–water partition coefficient (Wildman–Crippen LogP) is 3.76. The average Bonchev–Trinajstić information content (AvgIpc) is 2.36. The standard InChI is InChI=1S/C15H15F3O2/c1-10-6-7-11-4-2-3-5-12(11)14(10)13(19)8-20-9-15(16,17)18/h2-7,13,19H,8-9H2,1H3. The fourth-order valence-corrected chi connectivity index (χ4v) is 2.22. The van der Waals surface area contributed by atoms with Crippen molar-refractivity contribution in [3.63, 3.8) is 0 Å². The van der Waals surface area contributed by atoms with E-state index in [-0.39, 0.29) is 6.61 Å². The summed E-state index contributed by atoms with van der Waals surface area (Å²) in [6.07, 6.45) is -5.46. The maximum absolute atomic E-state index is 12.0. The highest BCUT2D eigenvalue weighted by molar-refractivity contribution is 5.87. The van der Waals surface area contributed by atoms with Crippen molar-refractivity contribution >= 4 is 10.8 Å². The van der Waals surface area contributed by atoms with Gasteiger partial charge in [-0.25, -0.2) is 0 Å². The molecule has 0 bridgehead atoms. The highest BCUT2D eigenvalue weighted by atomic mass is 19.4. The van der Waals surface area contributed by atoms with Crippen molar-refractivity contribution < 1.29 is 23.0 Å². The lowest BCUT2D eigenvalue weighted by atomic mass is 9.96. The smallest absolute Gasteiger partial charge is 0.386 e. The molecule has 1 atom stereocenters. The molecule has 0 aliphatic rings. The average molecular weight is 284 g/mol. The van der Waals surface area contributed by atoms with Crippen molar-refractivity contribution in [2.24, 2.45) is 0 Å². The van der Waals surface area contributed by atoms with E-state index in [4.69, 9.17) is 0 Å².